The molecule has 1 unspecified atom stereocenters. The van der Waals surface area contributed by atoms with Crippen molar-refractivity contribution in [2.24, 2.45) is 0 Å². The molecule has 0 aromatic heterocycles. The van der Waals surface area contributed by atoms with E-state index in [1.54, 1.807) is 7.11 Å². The smallest absolute Gasteiger partial charge is 0.133 e. The third kappa shape index (κ3) is 2.23. The van der Waals surface area contributed by atoms with Crippen molar-refractivity contribution in [3.8, 4) is 5.75 Å². The lowest BCUT2D eigenvalue weighted by molar-refractivity contribution is 0.410. The van der Waals surface area contributed by atoms with E-state index in [9.17, 15) is 0 Å². The lowest BCUT2D eigenvalue weighted by atomic mass is 10.1. The molecule has 1 aromatic carbocycles. The van der Waals surface area contributed by atoms with Gasteiger partial charge in [-0.25, -0.2) is 0 Å². The summed E-state index contributed by atoms with van der Waals surface area (Å²) in [6.07, 6.45) is 0. The van der Waals surface area contributed by atoms with Crippen molar-refractivity contribution in [1.82, 2.24) is 5.32 Å². The van der Waals surface area contributed by atoms with E-state index in [-0.39, 0.29) is 0 Å². The van der Waals surface area contributed by atoms with Gasteiger partial charge in [0.1, 0.15) is 5.75 Å². The molecule has 13 heavy (non-hydrogen) atoms. The van der Waals surface area contributed by atoms with Gasteiger partial charge in [-0.3, -0.25) is 0 Å². The molecule has 2 nitrogen and oxygen atoms in total. The summed E-state index contributed by atoms with van der Waals surface area (Å²) in [5.41, 5.74) is 1.21. The first-order valence-corrected chi connectivity index (χ1v) is 4.99. The number of halogens is 1. The Kier molecular flexibility index (Phi) is 3.75. The molecule has 0 heterocycles. The Hall–Kier alpha value is -0.540. The van der Waals surface area contributed by atoms with Crippen molar-refractivity contribution >= 4 is 15.9 Å². The van der Waals surface area contributed by atoms with Crippen LogP contribution in [0.1, 0.15) is 18.5 Å². The second kappa shape index (κ2) is 4.63. The average Bonchev–Trinajstić information content (AvgIpc) is 2.17. The Labute approximate surface area is 87.4 Å². The molecule has 0 aliphatic rings. The first-order chi connectivity index (χ1) is 6.20. The molecule has 72 valence electrons. The lowest BCUT2D eigenvalue weighted by Gasteiger charge is -2.14. The highest BCUT2D eigenvalue weighted by Gasteiger charge is 2.10. The fraction of sp³-hybridized carbons (Fsp3) is 0.400. The van der Waals surface area contributed by atoms with Crippen molar-refractivity contribution in [3.63, 3.8) is 0 Å². The lowest BCUT2D eigenvalue weighted by Crippen LogP contribution is -2.12. The van der Waals surface area contributed by atoms with Crippen LogP contribution in [0.3, 0.4) is 0 Å². The molecule has 0 bridgehead atoms. The van der Waals surface area contributed by atoms with Crippen LogP contribution < -0.4 is 10.1 Å². The number of ether oxygens (including phenoxy) is 1. The summed E-state index contributed by atoms with van der Waals surface area (Å²) in [7, 11) is 3.62. The molecule has 0 amide bonds. The van der Waals surface area contributed by atoms with Crippen LogP contribution >= 0.6 is 15.9 Å². The second-order valence-corrected chi connectivity index (χ2v) is 3.67. The van der Waals surface area contributed by atoms with Crippen LogP contribution in [0.2, 0.25) is 0 Å². The van der Waals surface area contributed by atoms with E-state index < -0.39 is 0 Å². The zero-order valence-electron chi connectivity index (χ0n) is 8.10. The molecule has 1 N–H and O–H groups in total. The summed E-state index contributed by atoms with van der Waals surface area (Å²) in [5.74, 6) is 0.875. The maximum Gasteiger partial charge on any atom is 0.133 e. The summed E-state index contributed by atoms with van der Waals surface area (Å²) in [4.78, 5) is 0. The van der Waals surface area contributed by atoms with Gasteiger partial charge in [-0.1, -0.05) is 12.1 Å². The van der Waals surface area contributed by atoms with Gasteiger partial charge in [-0.2, -0.15) is 0 Å². The van der Waals surface area contributed by atoms with Gasteiger partial charge in [0.25, 0.3) is 0 Å². The van der Waals surface area contributed by atoms with E-state index in [0.29, 0.717) is 6.04 Å². The van der Waals surface area contributed by atoms with Crippen molar-refractivity contribution < 1.29 is 4.74 Å². The summed E-state index contributed by atoms with van der Waals surface area (Å²) < 4.78 is 6.23. The summed E-state index contributed by atoms with van der Waals surface area (Å²) in [5, 5.41) is 3.19. The van der Waals surface area contributed by atoms with E-state index in [1.165, 1.54) is 5.56 Å². The first kappa shape index (κ1) is 10.5. The highest BCUT2D eigenvalue weighted by atomic mass is 79.9. The normalized spacial score (nSPS) is 12.6. The molecule has 1 atom stereocenters. The van der Waals surface area contributed by atoms with Crippen LogP contribution in [0.4, 0.5) is 0 Å². The second-order valence-electron chi connectivity index (χ2n) is 2.87. The largest absolute Gasteiger partial charge is 0.496 e. The number of rotatable bonds is 3. The minimum absolute atomic E-state index is 0.324. The van der Waals surface area contributed by atoms with Gasteiger partial charge in [0.15, 0.2) is 0 Å². The number of benzene rings is 1. The van der Waals surface area contributed by atoms with Crippen LogP contribution in [0.5, 0.6) is 5.75 Å². The summed E-state index contributed by atoms with van der Waals surface area (Å²) in [6, 6.07) is 6.33. The highest BCUT2D eigenvalue weighted by Crippen LogP contribution is 2.31. The van der Waals surface area contributed by atoms with Gasteiger partial charge >= 0.3 is 0 Å². The monoisotopic (exact) mass is 243 g/mol. The van der Waals surface area contributed by atoms with Crippen LogP contribution in [-0.2, 0) is 0 Å². The van der Waals surface area contributed by atoms with Crippen molar-refractivity contribution in [2.75, 3.05) is 14.2 Å². The molecule has 0 radical (unpaired) electrons. The molecular weight excluding hydrogens is 230 g/mol. The zero-order valence-corrected chi connectivity index (χ0v) is 9.68. The first-order valence-electron chi connectivity index (χ1n) is 4.20. The van der Waals surface area contributed by atoms with Crippen molar-refractivity contribution in [1.29, 1.82) is 0 Å². The Morgan fingerprint density at radius 2 is 2.15 bits per heavy atom. The van der Waals surface area contributed by atoms with Crippen LogP contribution in [-0.4, -0.2) is 14.2 Å². The summed E-state index contributed by atoms with van der Waals surface area (Å²) >= 11 is 3.52. The van der Waals surface area contributed by atoms with Gasteiger partial charge in [0.2, 0.25) is 0 Å². The van der Waals surface area contributed by atoms with Gasteiger partial charge in [0, 0.05) is 6.04 Å². The van der Waals surface area contributed by atoms with E-state index in [4.69, 9.17) is 4.74 Å². The molecule has 0 saturated heterocycles. The van der Waals surface area contributed by atoms with Crippen molar-refractivity contribution in [2.45, 2.75) is 13.0 Å². The number of nitrogens with one attached hydrogen (secondary N) is 1. The van der Waals surface area contributed by atoms with E-state index >= 15 is 0 Å². The Morgan fingerprint density at radius 1 is 1.46 bits per heavy atom. The third-order valence-corrected chi connectivity index (χ3v) is 2.96. The number of methoxy groups -OCH3 is 1. The Balaban J connectivity index is 3.08. The molecule has 0 saturated carbocycles. The van der Waals surface area contributed by atoms with Gasteiger partial charge in [-0.05, 0) is 41.5 Å². The van der Waals surface area contributed by atoms with Crippen LogP contribution in [0.15, 0.2) is 22.7 Å². The minimum Gasteiger partial charge on any atom is -0.496 e. The highest BCUT2D eigenvalue weighted by molar-refractivity contribution is 9.10. The Bertz CT molecular complexity index is 288. The van der Waals surface area contributed by atoms with Crippen LogP contribution in [0.25, 0.3) is 0 Å². The standard InChI is InChI=1S/C10H14BrNO/c1-7(12-2)8-5-4-6-9(13-3)10(8)11/h4-7,12H,1-3H3. The molecule has 0 fully saturated rings. The summed E-state index contributed by atoms with van der Waals surface area (Å²) in [6.45, 7) is 2.11. The predicted octanol–water partition coefficient (Wildman–Crippen LogP) is 2.74. The zero-order chi connectivity index (χ0) is 9.84. The average molecular weight is 244 g/mol. The molecule has 0 aliphatic carbocycles. The molecule has 3 heteroatoms. The van der Waals surface area contributed by atoms with E-state index in [2.05, 4.69) is 34.2 Å². The van der Waals surface area contributed by atoms with Gasteiger partial charge in [-0.15, -0.1) is 0 Å². The van der Waals surface area contributed by atoms with Crippen LogP contribution in [0, 0.1) is 0 Å². The molecule has 1 rings (SSSR count). The number of hydrogen-bond acceptors (Lipinski definition) is 2. The maximum atomic E-state index is 5.21. The fourth-order valence-corrected chi connectivity index (χ4v) is 1.94. The molecule has 0 aliphatic heterocycles. The van der Waals surface area contributed by atoms with Gasteiger partial charge in [0.05, 0.1) is 11.6 Å². The topological polar surface area (TPSA) is 21.3 Å². The van der Waals surface area contributed by atoms with E-state index in [0.717, 1.165) is 10.2 Å². The molecular formula is C10H14BrNO. The third-order valence-electron chi connectivity index (χ3n) is 2.11. The minimum atomic E-state index is 0.324. The van der Waals surface area contributed by atoms with E-state index in [1.807, 2.05) is 19.2 Å². The fourth-order valence-electron chi connectivity index (χ4n) is 1.18. The maximum absolute atomic E-state index is 5.21. The SMILES string of the molecule is CNC(C)c1cccc(OC)c1Br. The van der Waals surface area contributed by atoms with Gasteiger partial charge < -0.3 is 10.1 Å². The Morgan fingerprint density at radius 3 is 2.69 bits per heavy atom. The predicted molar refractivity (Wildman–Crippen MR) is 58.2 cm³/mol. The quantitative estimate of drug-likeness (QED) is 0.882. The molecule has 0 spiro atoms. The number of hydrogen-bond donors (Lipinski definition) is 1. The van der Waals surface area contributed by atoms with Crippen molar-refractivity contribution in [3.05, 3.63) is 28.2 Å². The molecule has 1 aromatic rings.